The highest BCUT2D eigenvalue weighted by Gasteiger charge is 2.28. The molecule has 2 aromatic carbocycles. The van der Waals surface area contributed by atoms with Crippen molar-refractivity contribution in [1.82, 2.24) is 0 Å². The highest BCUT2D eigenvalue weighted by atomic mass is 16.5. The topological polar surface area (TPSA) is 40.0 Å². The second kappa shape index (κ2) is 7.01. The van der Waals surface area contributed by atoms with E-state index >= 15 is 0 Å². The lowest BCUT2D eigenvalue weighted by Gasteiger charge is -2.09. The Morgan fingerprint density at radius 3 is 2.00 bits per heavy atom. The van der Waals surface area contributed by atoms with Crippen LogP contribution in [0.5, 0.6) is 11.5 Å². The van der Waals surface area contributed by atoms with Gasteiger partial charge in [-0.25, -0.2) is 4.99 Å². The van der Waals surface area contributed by atoms with Gasteiger partial charge in [0, 0.05) is 5.57 Å². The molecule has 1 aliphatic heterocycles. The molecule has 0 atom stereocenters. The third-order valence-electron chi connectivity index (χ3n) is 4.02. The standard InChI is InChI=1S/C21H23NO3/c1-21(2)14-25-20(22-21)19(16-7-11-18(24-4)12-8-16)13-15-5-9-17(23-3)10-6-15/h5-13H,14H2,1-4H3/b19-13-. The zero-order valence-corrected chi connectivity index (χ0v) is 15.1. The number of hydrogen-bond acceptors (Lipinski definition) is 4. The molecule has 130 valence electrons. The van der Waals surface area contributed by atoms with E-state index in [1.165, 1.54) is 0 Å². The van der Waals surface area contributed by atoms with Crippen LogP contribution in [0.25, 0.3) is 11.6 Å². The van der Waals surface area contributed by atoms with Gasteiger partial charge in [0.2, 0.25) is 5.90 Å². The minimum absolute atomic E-state index is 0.208. The van der Waals surface area contributed by atoms with Gasteiger partial charge < -0.3 is 14.2 Å². The minimum atomic E-state index is -0.208. The second-order valence-electron chi connectivity index (χ2n) is 6.58. The Labute approximate surface area is 148 Å². The lowest BCUT2D eigenvalue weighted by Crippen LogP contribution is -2.17. The summed E-state index contributed by atoms with van der Waals surface area (Å²) in [4.78, 5) is 4.74. The van der Waals surface area contributed by atoms with Crippen LogP contribution in [0.3, 0.4) is 0 Å². The van der Waals surface area contributed by atoms with Gasteiger partial charge in [-0.05, 0) is 55.3 Å². The maximum atomic E-state index is 5.88. The normalized spacial score (nSPS) is 16.2. The first kappa shape index (κ1) is 17.1. The van der Waals surface area contributed by atoms with Crippen LogP contribution in [-0.2, 0) is 4.74 Å². The lowest BCUT2D eigenvalue weighted by atomic mass is 10.0. The summed E-state index contributed by atoms with van der Waals surface area (Å²) in [6.45, 7) is 4.72. The highest BCUT2D eigenvalue weighted by Crippen LogP contribution is 2.29. The van der Waals surface area contributed by atoms with Gasteiger partial charge in [0.25, 0.3) is 0 Å². The zero-order chi connectivity index (χ0) is 17.9. The summed E-state index contributed by atoms with van der Waals surface area (Å²) >= 11 is 0. The molecule has 0 radical (unpaired) electrons. The van der Waals surface area contributed by atoms with Crippen molar-refractivity contribution < 1.29 is 14.2 Å². The predicted octanol–water partition coefficient (Wildman–Crippen LogP) is 4.45. The van der Waals surface area contributed by atoms with Gasteiger partial charge in [-0.2, -0.15) is 0 Å². The number of methoxy groups -OCH3 is 2. The summed E-state index contributed by atoms with van der Waals surface area (Å²) in [6, 6.07) is 15.8. The van der Waals surface area contributed by atoms with E-state index in [-0.39, 0.29) is 5.54 Å². The van der Waals surface area contributed by atoms with E-state index in [2.05, 4.69) is 19.9 Å². The fourth-order valence-corrected chi connectivity index (χ4v) is 2.63. The molecule has 0 aliphatic carbocycles. The average molecular weight is 337 g/mol. The quantitative estimate of drug-likeness (QED) is 0.757. The van der Waals surface area contributed by atoms with Gasteiger partial charge in [-0.15, -0.1) is 0 Å². The molecule has 1 aliphatic rings. The Morgan fingerprint density at radius 1 is 0.960 bits per heavy atom. The van der Waals surface area contributed by atoms with Crippen LogP contribution >= 0.6 is 0 Å². The molecular formula is C21H23NO3. The molecule has 0 N–H and O–H groups in total. The van der Waals surface area contributed by atoms with Crippen LogP contribution in [0.15, 0.2) is 53.5 Å². The van der Waals surface area contributed by atoms with Gasteiger partial charge in [0.05, 0.1) is 19.8 Å². The van der Waals surface area contributed by atoms with Crippen molar-refractivity contribution in [3.05, 3.63) is 59.7 Å². The van der Waals surface area contributed by atoms with E-state index in [0.29, 0.717) is 12.5 Å². The fraction of sp³-hybridized carbons (Fsp3) is 0.286. The fourth-order valence-electron chi connectivity index (χ4n) is 2.63. The van der Waals surface area contributed by atoms with E-state index in [0.717, 1.165) is 28.2 Å². The average Bonchev–Trinajstić information content (AvgIpc) is 3.00. The van der Waals surface area contributed by atoms with Crippen LogP contribution in [0.4, 0.5) is 0 Å². The highest BCUT2D eigenvalue weighted by molar-refractivity contribution is 6.24. The van der Waals surface area contributed by atoms with Gasteiger partial charge in [-0.3, -0.25) is 0 Å². The minimum Gasteiger partial charge on any atom is -0.497 e. The Bertz CT molecular complexity index is 787. The Hall–Kier alpha value is -2.75. The van der Waals surface area contributed by atoms with Gasteiger partial charge in [0.15, 0.2) is 0 Å². The number of hydrogen-bond donors (Lipinski definition) is 0. The molecule has 25 heavy (non-hydrogen) atoms. The maximum absolute atomic E-state index is 5.88. The Balaban J connectivity index is 2.03. The van der Waals surface area contributed by atoms with Crippen molar-refractivity contribution >= 4 is 17.5 Å². The van der Waals surface area contributed by atoms with Gasteiger partial charge >= 0.3 is 0 Å². The Kier molecular flexibility index (Phi) is 4.79. The van der Waals surface area contributed by atoms with Crippen molar-refractivity contribution in [2.24, 2.45) is 4.99 Å². The number of rotatable bonds is 5. The first-order chi connectivity index (χ1) is 12.0. The van der Waals surface area contributed by atoms with Crippen LogP contribution in [0, 0.1) is 0 Å². The van der Waals surface area contributed by atoms with E-state index in [9.17, 15) is 0 Å². The van der Waals surface area contributed by atoms with E-state index < -0.39 is 0 Å². The summed E-state index contributed by atoms with van der Waals surface area (Å²) in [5, 5.41) is 0. The summed E-state index contributed by atoms with van der Waals surface area (Å²) in [7, 11) is 3.33. The van der Waals surface area contributed by atoms with E-state index in [1.54, 1.807) is 14.2 Å². The summed E-state index contributed by atoms with van der Waals surface area (Å²) in [5.74, 6) is 2.33. The molecule has 0 saturated heterocycles. The predicted molar refractivity (Wildman–Crippen MR) is 101 cm³/mol. The zero-order valence-electron chi connectivity index (χ0n) is 15.1. The lowest BCUT2D eigenvalue weighted by molar-refractivity contribution is 0.281. The molecule has 3 rings (SSSR count). The molecule has 0 aromatic heterocycles. The molecule has 4 nitrogen and oxygen atoms in total. The number of benzene rings is 2. The van der Waals surface area contributed by atoms with Crippen LogP contribution in [0.1, 0.15) is 25.0 Å². The number of ether oxygens (including phenoxy) is 3. The molecule has 1 heterocycles. The molecule has 0 bridgehead atoms. The molecule has 4 heteroatoms. The molecule has 0 saturated carbocycles. The van der Waals surface area contributed by atoms with Crippen LogP contribution in [0.2, 0.25) is 0 Å². The molecule has 0 unspecified atom stereocenters. The molecule has 0 spiro atoms. The van der Waals surface area contributed by atoms with Crippen molar-refractivity contribution in [1.29, 1.82) is 0 Å². The van der Waals surface area contributed by atoms with E-state index in [4.69, 9.17) is 19.2 Å². The molecule has 0 amide bonds. The summed E-state index contributed by atoms with van der Waals surface area (Å²) in [5.41, 5.74) is 2.84. The maximum Gasteiger partial charge on any atom is 0.217 e. The third kappa shape index (κ3) is 4.02. The van der Waals surface area contributed by atoms with Crippen molar-refractivity contribution in [2.75, 3.05) is 20.8 Å². The first-order valence-corrected chi connectivity index (χ1v) is 8.24. The Morgan fingerprint density at radius 2 is 1.52 bits per heavy atom. The monoisotopic (exact) mass is 337 g/mol. The van der Waals surface area contributed by atoms with Gasteiger partial charge in [0.1, 0.15) is 18.1 Å². The summed E-state index contributed by atoms with van der Waals surface area (Å²) < 4.78 is 16.4. The number of nitrogens with zero attached hydrogens (tertiary/aromatic N) is 1. The van der Waals surface area contributed by atoms with Gasteiger partial charge in [-0.1, -0.05) is 24.3 Å². The third-order valence-corrected chi connectivity index (χ3v) is 4.02. The molecule has 2 aromatic rings. The van der Waals surface area contributed by atoms with Crippen molar-refractivity contribution in [3.8, 4) is 11.5 Å². The molecule has 0 fully saturated rings. The summed E-state index contributed by atoms with van der Waals surface area (Å²) in [6.07, 6.45) is 2.08. The van der Waals surface area contributed by atoms with Crippen molar-refractivity contribution in [3.63, 3.8) is 0 Å². The van der Waals surface area contributed by atoms with E-state index in [1.807, 2.05) is 48.5 Å². The molecular weight excluding hydrogens is 314 g/mol. The first-order valence-electron chi connectivity index (χ1n) is 8.24. The van der Waals surface area contributed by atoms with Crippen molar-refractivity contribution in [2.45, 2.75) is 19.4 Å². The van der Waals surface area contributed by atoms with Crippen LogP contribution < -0.4 is 9.47 Å². The second-order valence-corrected chi connectivity index (χ2v) is 6.58. The van der Waals surface area contributed by atoms with Crippen LogP contribution in [-0.4, -0.2) is 32.3 Å². The SMILES string of the molecule is COc1ccc(/C=C(\C2=NC(C)(C)CO2)c2ccc(OC)cc2)cc1. The smallest absolute Gasteiger partial charge is 0.217 e. The largest absolute Gasteiger partial charge is 0.497 e. The number of aliphatic imine (C=N–C) groups is 1.